The van der Waals surface area contributed by atoms with E-state index >= 15 is 0 Å². The average molecular weight is 162 g/mol. The highest BCUT2D eigenvalue weighted by atomic mass is 32.2. The Bertz CT molecular complexity index is 214. The summed E-state index contributed by atoms with van der Waals surface area (Å²) in [6.07, 6.45) is 5.25. The normalized spacial score (nSPS) is 10.8. The van der Waals surface area contributed by atoms with Gasteiger partial charge >= 0.3 is 0 Å². The van der Waals surface area contributed by atoms with Crippen LogP contribution in [0.4, 0.5) is 0 Å². The molecule has 10 heavy (non-hydrogen) atoms. The van der Waals surface area contributed by atoms with Crippen LogP contribution in [-0.2, 0) is 10.0 Å². The standard InChI is InChI=1S/C5H10N2O2S/c1-2-10(8,9)7-5-3-4-6/h1,7H,3-6H2. The highest BCUT2D eigenvalue weighted by Crippen LogP contribution is 1.78. The van der Waals surface area contributed by atoms with Crippen molar-refractivity contribution in [2.75, 3.05) is 13.1 Å². The van der Waals surface area contributed by atoms with E-state index in [0.717, 1.165) is 0 Å². The fourth-order valence-electron chi connectivity index (χ4n) is 0.350. The van der Waals surface area contributed by atoms with Crippen LogP contribution >= 0.6 is 0 Å². The molecule has 0 fully saturated rings. The molecule has 4 nitrogen and oxygen atoms in total. The number of nitrogens with one attached hydrogen (secondary N) is 1. The van der Waals surface area contributed by atoms with Crippen molar-refractivity contribution in [3.05, 3.63) is 0 Å². The van der Waals surface area contributed by atoms with Gasteiger partial charge in [0.05, 0.1) is 0 Å². The summed E-state index contributed by atoms with van der Waals surface area (Å²) >= 11 is 0. The number of hydrogen-bond donors (Lipinski definition) is 2. The molecule has 0 spiro atoms. The highest BCUT2D eigenvalue weighted by molar-refractivity contribution is 7.94. The zero-order valence-corrected chi connectivity index (χ0v) is 6.32. The summed E-state index contributed by atoms with van der Waals surface area (Å²) < 4.78 is 23.1. The second-order valence-corrected chi connectivity index (χ2v) is 3.19. The highest BCUT2D eigenvalue weighted by Gasteiger charge is 2.00. The molecule has 0 aromatic rings. The molecule has 0 aliphatic heterocycles. The molecule has 0 heterocycles. The molecule has 0 aromatic heterocycles. The first-order valence-corrected chi connectivity index (χ1v) is 4.28. The van der Waals surface area contributed by atoms with Gasteiger partial charge in [-0.1, -0.05) is 0 Å². The first-order chi connectivity index (χ1) is 4.62. The Morgan fingerprint density at radius 1 is 1.60 bits per heavy atom. The van der Waals surface area contributed by atoms with Crippen LogP contribution < -0.4 is 10.5 Å². The fraction of sp³-hybridized carbons (Fsp3) is 0.600. The third-order valence-corrected chi connectivity index (χ3v) is 1.72. The van der Waals surface area contributed by atoms with Crippen LogP contribution in [0.15, 0.2) is 0 Å². The minimum absolute atomic E-state index is 0.309. The fourth-order valence-corrected chi connectivity index (χ4v) is 0.847. The Kier molecular flexibility index (Phi) is 4.03. The first kappa shape index (κ1) is 9.43. The Morgan fingerprint density at radius 3 is 2.60 bits per heavy atom. The lowest BCUT2D eigenvalue weighted by Crippen LogP contribution is -2.24. The predicted octanol–water partition coefficient (Wildman–Crippen LogP) is -1.15. The number of rotatable bonds is 4. The van der Waals surface area contributed by atoms with Gasteiger partial charge in [-0.2, -0.15) is 8.42 Å². The van der Waals surface area contributed by atoms with Gasteiger partial charge in [0.15, 0.2) is 0 Å². The molecule has 0 bridgehead atoms. The Hall–Kier alpha value is -0.570. The molecule has 0 radical (unpaired) electrons. The largest absolute Gasteiger partial charge is 0.330 e. The average Bonchev–Trinajstić information content (AvgIpc) is 1.89. The molecule has 5 heteroatoms. The van der Waals surface area contributed by atoms with E-state index in [0.29, 0.717) is 19.5 Å². The zero-order valence-electron chi connectivity index (χ0n) is 5.50. The van der Waals surface area contributed by atoms with Crippen LogP contribution in [0.3, 0.4) is 0 Å². The predicted molar refractivity (Wildman–Crippen MR) is 39.4 cm³/mol. The molecule has 0 aliphatic rings. The van der Waals surface area contributed by atoms with E-state index in [1.807, 2.05) is 0 Å². The lowest BCUT2D eigenvalue weighted by Gasteiger charge is -1.96. The van der Waals surface area contributed by atoms with Gasteiger partial charge in [-0.15, -0.1) is 6.42 Å². The minimum Gasteiger partial charge on any atom is -0.330 e. The van der Waals surface area contributed by atoms with Crippen molar-refractivity contribution in [3.63, 3.8) is 0 Å². The number of nitrogens with two attached hydrogens (primary N) is 1. The molecule has 0 rings (SSSR count). The van der Waals surface area contributed by atoms with Gasteiger partial charge in [0.2, 0.25) is 0 Å². The van der Waals surface area contributed by atoms with E-state index in [4.69, 9.17) is 5.73 Å². The van der Waals surface area contributed by atoms with Gasteiger partial charge in [-0.05, 0) is 13.0 Å². The van der Waals surface area contributed by atoms with Gasteiger partial charge in [-0.25, -0.2) is 4.72 Å². The van der Waals surface area contributed by atoms with E-state index in [9.17, 15) is 8.42 Å². The summed E-state index contributed by atoms with van der Waals surface area (Å²) in [5.41, 5.74) is 5.11. The van der Waals surface area contributed by atoms with Crippen LogP contribution in [-0.4, -0.2) is 21.5 Å². The Labute approximate surface area is 60.8 Å². The van der Waals surface area contributed by atoms with Gasteiger partial charge in [0.25, 0.3) is 10.0 Å². The number of sulfonamides is 1. The van der Waals surface area contributed by atoms with Crippen molar-refractivity contribution < 1.29 is 8.42 Å². The van der Waals surface area contributed by atoms with E-state index in [2.05, 4.69) is 11.1 Å². The topological polar surface area (TPSA) is 72.2 Å². The van der Waals surface area contributed by atoms with E-state index < -0.39 is 10.0 Å². The zero-order chi connectivity index (χ0) is 8.04. The molecule has 58 valence electrons. The van der Waals surface area contributed by atoms with Crippen molar-refractivity contribution in [2.45, 2.75) is 6.42 Å². The maximum absolute atomic E-state index is 10.5. The minimum atomic E-state index is -3.47. The van der Waals surface area contributed by atoms with Crippen LogP contribution in [0.2, 0.25) is 0 Å². The monoisotopic (exact) mass is 162 g/mol. The van der Waals surface area contributed by atoms with Crippen molar-refractivity contribution in [2.24, 2.45) is 5.73 Å². The van der Waals surface area contributed by atoms with Crippen LogP contribution in [0.25, 0.3) is 0 Å². The Balaban J connectivity index is 3.62. The third kappa shape index (κ3) is 4.32. The van der Waals surface area contributed by atoms with Crippen LogP contribution in [0, 0.1) is 11.7 Å². The smallest absolute Gasteiger partial charge is 0.280 e. The second-order valence-electron chi connectivity index (χ2n) is 1.66. The SMILES string of the molecule is C#CS(=O)(=O)NCCCN. The summed E-state index contributed by atoms with van der Waals surface area (Å²) in [6, 6.07) is 0. The van der Waals surface area contributed by atoms with E-state index in [1.165, 1.54) is 0 Å². The summed E-state index contributed by atoms with van der Waals surface area (Å²) in [5.74, 6) is 0. The summed E-state index contributed by atoms with van der Waals surface area (Å²) in [7, 11) is -3.47. The molecule has 0 aromatic carbocycles. The number of hydrogen-bond acceptors (Lipinski definition) is 3. The molecule has 0 amide bonds. The molecule has 3 N–H and O–H groups in total. The van der Waals surface area contributed by atoms with Crippen molar-refractivity contribution in [3.8, 4) is 11.7 Å². The van der Waals surface area contributed by atoms with Gasteiger partial charge < -0.3 is 5.73 Å². The maximum atomic E-state index is 10.5. The second kappa shape index (κ2) is 4.28. The van der Waals surface area contributed by atoms with Crippen LogP contribution in [0.1, 0.15) is 6.42 Å². The lowest BCUT2D eigenvalue weighted by atomic mass is 10.4. The lowest BCUT2D eigenvalue weighted by molar-refractivity contribution is 0.590. The summed E-state index contributed by atoms with van der Waals surface area (Å²) in [5, 5.41) is 1.62. The molecule has 0 saturated carbocycles. The van der Waals surface area contributed by atoms with Crippen LogP contribution in [0.5, 0.6) is 0 Å². The Morgan fingerprint density at radius 2 is 2.20 bits per heavy atom. The van der Waals surface area contributed by atoms with Crippen molar-refractivity contribution in [1.29, 1.82) is 0 Å². The molecule has 0 aliphatic carbocycles. The maximum Gasteiger partial charge on any atom is 0.280 e. The third-order valence-electron chi connectivity index (χ3n) is 0.828. The van der Waals surface area contributed by atoms with Gasteiger partial charge in [-0.3, -0.25) is 0 Å². The van der Waals surface area contributed by atoms with E-state index in [-0.39, 0.29) is 0 Å². The van der Waals surface area contributed by atoms with Gasteiger partial charge in [0.1, 0.15) is 0 Å². The number of terminal acetylenes is 1. The first-order valence-electron chi connectivity index (χ1n) is 2.79. The summed E-state index contributed by atoms with van der Waals surface area (Å²) in [4.78, 5) is 0. The quantitative estimate of drug-likeness (QED) is 0.405. The summed E-state index contributed by atoms with van der Waals surface area (Å²) in [6.45, 7) is 0.760. The molecular weight excluding hydrogens is 152 g/mol. The van der Waals surface area contributed by atoms with E-state index in [1.54, 1.807) is 5.25 Å². The molecular formula is C5H10N2O2S. The molecule has 0 atom stereocenters. The molecule has 0 unspecified atom stereocenters. The van der Waals surface area contributed by atoms with Crippen molar-refractivity contribution >= 4 is 10.0 Å². The molecule has 0 saturated heterocycles. The van der Waals surface area contributed by atoms with Crippen molar-refractivity contribution in [1.82, 2.24) is 4.72 Å². The van der Waals surface area contributed by atoms with Gasteiger partial charge in [0, 0.05) is 11.8 Å².